The number of hydrogen-bond acceptors (Lipinski definition) is 3. The van der Waals surface area contributed by atoms with Crippen molar-refractivity contribution in [3.8, 4) is 0 Å². The van der Waals surface area contributed by atoms with Gasteiger partial charge in [-0.25, -0.2) is 0 Å². The number of nitrogens with zero attached hydrogens (tertiary/aromatic N) is 1. The number of ether oxygens (including phenoxy) is 1. The first-order valence-corrected chi connectivity index (χ1v) is 7.23. The zero-order valence-electron chi connectivity index (χ0n) is 13.4. The Morgan fingerprint density at radius 3 is 2.29 bits per heavy atom. The molecule has 0 heterocycles. The molecule has 0 N–H and O–H groups in total. The van der Waals surface area contributed by atoms with Crippen LogP contribution in [0.1, 0.15) is 39.7 Å². The van der Waals surface area contributed by atoms with E-state index < -0.39 is 0 Å². The topological polar surface area (TPSA) is 46.6 Å². The second-order valence-corrected chi connectivity index (χ2v) is 6.40. The second kappa shape index (κ2) is 7.81. The molecular formula is C17H25NO3. The van der Waals surface area contributed by atoms with Crippen LogP contribution in [0.15, 0.2) is 30.3 Å². The highest BCUT2D eigenvalue weighted by Gasteiger charge is 2.16. The molecule has 0 radical (unpaired) electrons. The van der Waals surface area contributed by atoms with Crippen molar-refractivity contribution < 1.29 is 14.3 Å². The van der Waals surface area contributed by atoms with Crippen molar-refractivity contribution in [2.45, 2.75) is 40.7 Å². The van der Waals surface area contributed by atoms with Gasteiger partial charge in [0.1, 0.15) is 0 Å². The molecule has 0 fully saturated rings. The van der Waals surface area contributed by atoms with E-state index in [1.165, 1.54) is 6.92 Å². The first-order chi connectivity index (χ1) is 9.78. The minimum absolute atomic E-state index is 0.0394. The van der Waals surface area contributed by atoms with Gasteiger partial charge >= 0.3 is 5.97 Å². The number of esters is 1. The molecule has 0 saturated carbocycles. The normalized spacial score (nSPS) is 11.0. The van der Waals surface area contributed by atoms with E-state index in [1.54, 1.807) is 4.90 Å². The molecule has 4 nitrogen and oxygen atoms in total. The van der Waals surface area contributed by atoms with Crippen LogP contribution in [-0.4, -0.2) is 29.9 Å². The van der Waals surface area contributed by atoms with Crippen LogP contribution in [0.2, 0.25) is 0 Å². The molecule has 0 unspecified atom stereocenters. The fourth-order valence-electron chi connectivity index (χ4n) is 1.75. The smallest absolute Gasteiger partial charge is 0.307 e. The van der Waals surface area contributed by atoms with Gasteiger partial charge < -0.3 is 9.64 Å². The third kappa shape index (κ3) is 7.49. The lowest BCUT2D eigenvalue weighted by atomic mass is 9.99. The lowest BCUT2D eigenvalue weighted by Crippen LogP contribution is -2.31. The van der Waals surface area contributed by atoms with E-state index >= 15 is 0 Å². The summed E-state index contributed by atoms with van der Waals surface area (Å²) in [5.41, 5.74) is 1.01. The highest BCUT2D eigenvalue weighted by atomic mass is 16.5. The fraction of sp³-hybridized carbons (Fsp3) is 0.529. The fourth-order valence-corrected chi connectivity index (χ4v) is 1.75. The second-order valence-electron chi connectivity index (χ2n) is 6.40. The maximum Gasteiger partial charge on any atom is 0.307 e. The maximum absolute atomic E-state index is 11.7. The van der Waals surface area contributed by atoms with Crippen molar-refractivity contribution >= 4 is 11.9 Å². The molecule has 0 bridgehead atoms. The minimum Gasteiger partial charge on any atom is -0.465 e. The van der Waals surface area contributed by atoms with Crippen LogP contribution in [0, 0.1) is 5.41 Å². The van der Waals surface area contributed by atoms with Crippen LogP contribution in [0.25, 0.3) is 0 Å². The van der Waals surface area contributed by atoms with Gasteiger partial charge in [-0.05, 0) is 11.0 Å². The molecule has 1 aromatic carbocycles. The molecule has 0 atom stereocenters. The van der Waals surface area contributed by atoms with E-state index in [1.807, 2.05) is 51.1 Å². The Kier molecular flexibility index (Phi) is 6.40. The zero-order valence-corrected chi connectivity index (χ0v) is 13.4. The van der Waals surface area contributed by atoms with Gasteiger partial charge in [0.05, 0.1) is 13.0 Å². The van der Waals surface area contributed by atoms with Gasteiger partial charge in [0.15, 0.2) is 0 Å². The zero-order chi connectivity index (χ0) is 15.9. The van der Waals surface area contributed by atoms with E-state index in [9.17, 15) is 9.59 Å². The summed E-state index contributed by atoms with van der Waals surface area (Å²) < 4.78 is 5.21. The molecule has 0 aliphatic heterocycles. The summed E-state index contributed by atoms with van der Waals surface area (Å²) in [7, 11) is 0. The van der Waals surface area contributed by atoms with E-state index in [-0.39, 0.29) is 23.7 Å². The first kappa shape index (κ1) is 17.2. The van der Waals surface area contributed by atoms with E-state index in [0.717, 1.165) is 5.56 Å². The van der Waals surface area contributed by atoms with Gasteiger partial charge in [-0.15, -0.1) is 0 Å². The number of carbonyl (C=O) groups is 2. The van der Waals surface area contributed by atoms with Crippen LogP contribution in [-0.2, 0) is 20.9 Å². The van der Waals surface area contributed by atoms with Crippen LogP contribution in [0.3, 0.4) is 0 Å². The number of carbonyl (C=O) groups excluding carboxylic acids is 2. The van der Waals surface area contributed by atoms with Crippen molar-refractivity contribution in [1.82, 2.24) is 4.90 Å². The average Bonchev–Trinajstić information content (AvgIpc) is 2.41. The summed E-state index contributed by atoms with van der Waals surface area (Å²) >= 11 is 0. The van der Waals surface area contributed by atoms with Crippen LogP contribution >= 0.6 is 0 Å². The molecule has 116 valence electrons. The molecule has 0 saturated heterocycles. The van der Waals surface area contributed by atoms with E-state index in [4.69, 9.17) is 4.74 Å². The van der Waals surface area contributed by atoms with Crippen LogP contribution in [0.4, 0.5) is 0 Å². The Hall–Kier alpha value is -1.84. The van der Waals surface area contributed by atoms with Crippen molar-refractivity contribution in [3.05, 3.63) is 35.9 Å². The number of rotatable bonds is 6. The predicted octanol–water partition coefficient (Wildman–Crippen LogP) is 3.01. The van der Waals surface area contributed by atoms with Crippen molar-refractivity contribution in [1.29, 1.82) is 0 Å². The van der Waals surface area contributed by atoms with Crippen molar-refractivity contribution in [3.63, 3.8) is 0 Å². The van der Waals surface area contributed by atoms with Gasteiger partial charge in [0.25, 0.3) is 0 Å². The standard InChI is InChI=1S/C17H25NO3/c1-14(19)18(12-15-8-6-5-7-9-15)11-10-16(20)21-13-17(2,3)4/h5-9H,10-13H2,1-4H3. The largest absolute Gasteiger partial charge is 0.465 e. The third-order valence-electron chi connectivity index (χ3n) is 2.91. The lowest BCUT2D eigenvalue weighted by molar-refractivity contribution is -0.147. The SMILES string of the molecule is CC(=O)N(CCC(=O)OCC(C)(C)C)Cc1ccccc1. The Labute approximate surface area is 127 Å². The van der Waals surface area contributed by atoms with Crippen molar-refractivity contribution in [2.24, 2.45) is 5.41 Å². The van der Waals surface area contributed by atoms with Gasteiger partial charge in [0, 0.05) is 20.0 Å². The summed E-state index contributed by atoms with van der Waals surface area (Å²) in [6.45, 7) is 8.84. The molecule has 1 aromatic rings. The Morgan fingerprint density at radius 1 is 1.14 bits per heavy atom. The molecule has 0 aliphatic carbocycles. The summed E-state index contributed by atoms with van der Waals surface area (Å²) in [6.07, 6.45) is 0.225. The van der Waals surface area contributed by atoms with Gasteiger partial charge in [-0.2, -0.15) is 0 Å². The maximum atomic E-state index is 11.7. The van der Waals surface area contributed by atoms with Gasteiger partial charge in [-0.3, -0.25) is 9.59 Å². The van der Waals surface area contributed by atoms with Crippen molar-refractivity contribution in [2.75, 3.05) is 13.2 Å². The van der Waals surface area contributed by atoms with Crippen LogP contribution < -0.4 is 0 Å². The Bertz CT molecular complexity index is 463. The van der Waals surface area contributed by atoms with E-state index in [2.05, 4.69) is 0 Å². The Morgan fingerprint density at radius 2 is 1.76 bits per heavy atom. The molecule has 0 aromatic heterocycles. The monoisotopic (exact) mass is 291 g/mol. The predicted molar refractivity (Wildman–Crippen MR) is 82.6 cm³/mol. The number of hydrogen-bond donors (Lipinski definition) is 0. The molecule has 0 spiro atoms. The van der Waals surface area contributed by atoms with E-state index in [0.29, 0.717) is 19.7 Å². The molecule has 4 heteroatoms. The van der Waals surface area contributed by atoms with Gasteiger partial charge in [-0.1, -0.05) is 51.1 Å². The molecule has 21 heavy (non-hydrogen) atoms. The lowest BCUT2D eigenvalue weighted by Gasteiger charge is -2.22. The molecular weight excluding hydrogens is 266 g/mol. The molecule has 0 aliphatic rings. The third-order valence-corrected chi connectivity index (χ3v) is 2.91. The van der Waals surface area contributed by atoms with Crippen LogP contribution in [0.5, 0.6) is 0 Å². The number of benzene rings is 1. The Balaban J connectivity index is 2.45. The molecule has 1 rings (SSSR count). The highest BCUT2D eigenvalue weighted by molar-refractivity contribution is 5.75. The summed E-state index contributed by atoms with van der Waals surface area (Å²) in [6, 6.07) is 9.74. The first-order valence-electron chi connectivity index (χ1n) is 7.23. The number of amides is 1. The average molecular weight is 291 g/mol. The quantitative estimate of drug-likeness (QED) is 0.757. The summed E-state index contributed by atoms with van der Waals surface area (Å²) in [5, 5.41) is 0. The summed E-state index contributed by atoms with van der Waals surface area (Å²) in [4.78, 5) is 25.0. The van der Waals surface area contributed by atoms with Gasteiger partial charge in [0.2, 0.25) is 5.91 Å². The minimum atomic E-state index is -0.260. The summed E-state index contributed by atoms with van der Waals surface area (Å²) in [5.74, 6) is -0.299. The molecule has 1 amide bonds. The highest BCUT2D eigenvalue weighted by Crippen LogP contribution is 2.13.